The lowest BCUT2D eigenvalue weighted by atomic mass is 9.87. The van der Waals surface area contributed by atoms with Crippen molar-refractivity contribution < 1.29 is 24.5 Å². The fraction of sp³-hybridized carbons (Fsp3) is 0.474. The monoisotopic (exact) mass is 375 g/mol. The first-order valence-corrected chi connectivity index (χ1v) is 9.70. The molecule has 7 heteroatoms. The summed E-state index contributed by atoms with van der Waals surface area (Å²) in [6, 6.07) is 9.62. The number of aliphatic hydroxyl groups excluding tert-OH is 1. The van der Waals surface area contributed by atoms with Gasteiger partial charge in [-0.3, -0.25) is 0 Å². The van der Waals surface area contributed by atoms with Crippen molar-refractivity contribution >= 4 is 17.3 Å². The number of thiazole rings is 1. The summed E-state index contributed by atoms with van der Waals surface area (Å²) in [5.74, 6) is 0.0910. The molecule has 2 N–H and O–H groups in total. The molecule has 26 heavy (non-hydrogen) atoms. The number of hydrogen-bond donors (Lipinski definition) is 2. The number of aromatic nitrogens is 1. The van der Waals surface area contributed by atoms with Gasteiger partial charge in [-0.2, -0.15) is 0 Å². The zero-order chi connectivity index (χ0) is 18.1. The van der Waals surface area contributed by atoms with Crippen LogP contribution in [-0.4, -0.2) is 40.0 Å². The first kappa shape index (κ1) is 17.5. The lowest BCUT2D eigenvalue weighted by molar-refractivity contribution is -0.0811. The van der Waals surface area contributed by atoms with Gasteiger partial charge in [-0.15, -0.1) is 11.3 Å². The number of carboxylic acids is 1. The van der Waals surface area contributed by atoms with Gasteiger partial charge in [-0.1, -0.05) is 18.2 Å². The molecule has 2 heterocycles. The summed E-state index contributed by atoms with van der Waals surface area (Å²) in [5, 5.41) is 21.8. The predicted octanol–water partition coefficient (Wildman–Crippen LogP) is 3.14. The van der Waals surface area contributed by atoms with Gasteiger partial charge in [0.05, 0.1) is 18.8 Å². The summed E-state index contributed by atoms with van der Waals surface area (Å²) < 4.78 is 12.0. The molecular weight excluding hydrogens is 354 g/mol. The summed E-state index contributed by atoms with van der Waals surface area (Å²) in [6.45, 7) is 0.473. The van der Waals surface area contributed by atoms with E-state index < -0.39 is 12.1 Å². The third kappa shape index (κ3) is 3.47. The van der Waals surface area contributed by atoms with Crippen LogP contribution in [-0.2, 0) is 4.74 Å². The Hall–Kier alpha value is -1.96. The van der Waals surface area contributed by atoms with Crippen LogP contribution in [0.4, 0.5) is 0 Å². The van der Waals surface area contributed by atoms with E-state index in [0.717, 1.165) is 18.6 Å². The molecule has 1 saturated carbocycles. The van der Waals surface area contributed by atoms with Crippen LogP contribution in [0.25, 0.3) is 0 Å². The van der Waals surface area contributed by atoms with E-state index in [9.17, 15) is 9.90 Å². The van der Waals surface area contributed by atoms with E-state index in [1.807, 2.05) is 30.3 Å². The quantitative estimate of drug-likeness (QED) is 0.835. The van der Waals surface area contributed by atoms with Crippen LogP contribution >= 0.6 is 11.3 Å². The minimum Gasteiger partial charge on any atom is -0.493 e. The second-order valence-corrected chi connectivity index (χ2v) is 7.76. The molecule has 0 spiro atoms. The first-order valence-electron chi connectivity index (χ1n) is 8.82. The largest absolute Gasteiger partial charge is 0.493 e. The van der Waals surface area contributed by atoms with Crippen molar-refractivity contribution in [3.63, 3.8) is 0 Å². The fourth-order valence-corrected chi connectivity index (χ4v) is 4.85. The van der Waals surface area contributed by atoms with Crippen LogP contribution in [0.5, 0.6) is 5.75 Å². The molecule has 138 valence electrons. The third-order valence-corrected chi connectivity index (χ3v) is 6.24. The van der Waals surface area contributed by atoms with Crippen molar-refractivity contribution in [3.05, 3.63) is 46.4 Å². The minimum absolute atomic E-state index is 0.0368. The van der Waals surface area contributed by atoms with Gasteiger partial charge < -0.3 is 19.7 Å². The van der Waals surface area contributed by atoms with Crippen molar-refractivity contribution in [2.45, 2.75) is 37.6 Å². The van der Waals surface area contributed by atoms with Gasteiger partial charge in [0.15, 0.2) is 5.69 Å². The molecule has 1 aromatic heterocycles. The maximum atomic E-state index is 11.0. The van der Waals surface area contributed by atoms with Crippen LogP contribution in [0.2, 0.25) is 0 Å². The number of hydrogen-bond acceptors (Lipinski definition) is 6. The second-order valence-electron chi connectivity index (χ2n) is 6.87. The Morgan fingerprint density at radius 2 is 2.12 bits per heavy atom. The topological polar surface area (TPSA) is 88.9 Å². The van der Waals surface area contributed by atoms with Crippen LogP contribution in [0.3, 0.4) is 0 Å². The average Bonchev–Trinajstić information content (AvgIpc) is 3.25. The van der Waals surface area contributed by atoms with Gasteiger partial charge in [-0.05, 0) is 30.9 Å². The van der Waals surface area contributed by atoms with Crippen molar-refractivity contribution in [2.24, 2.45) is 11.8 Å². The van der Waals surface area contributed by atoms with Gasteiger partial charge in [0, 0.05) is 17.7 Å². The smallest absolute Gasteiger partial charge is 0.355 e. The lowest BCUT2D eigenvalue weighted by Gasteiger charge is -2.33. The highest BCUT2D eigenvalue weighted by Crippen LogP contribution is 2.46. The Kier molecular flexibility index (Phi) is 4.93. The van der Waals surface area contributed by atoms with Crippen LogP contribution in [0.1, 0.15) is 40.9 Å². The Balaban J connectivity index is 1.39. The standard InChI is InChI=1S/C19H21NO5S/c21-15-8-17-12(13(15)9-24-11-4-2-1-3-5-11)6-7-16(25-17)18-20-14(10-26-18)19(22)23/h1-5,10,12-13,15-17,21H,6-9H2,(H,22,23)/t12-,13+,15-,16-,17+/m1/s1. The number of aliphatic hydroxyl groups is 1. The molecule has 1 saturated heterocycles. The minimum atomic E-state index is -1.02. The number of nitrogens with zero attached hydrogens (tertiary/aromatic N) is 1. The van der Waals surface area contributed by atoms with E-state index in [4.69, 9.17) is 14.6 Å². The van der Waals surface area contributed by atoms with Crippen LogP contribution in [0.15, 0.2) is 35.7 Å². The molecular formula is C19H21NO5S. The first-order chi connectivity index (χ1) is 12.6. The van der Waals surface area contributed by atoms with Crippen molar-refractivity contribution in [2.75, 3.05) is 6.61 Å². The predicted molar refractivity (Wildman–Crippen MR) is 95.5 cm³/mol. The Labute approximate surface area is 155 Å². The zero-order valence-electron chi connectivity index (χ0n) is 14.2. The number of benzene rings is 1. The average molecular weight is 375 g/mol. The highest BCUT2D eigenvalue weighted by atomic mass is 32.1. The van der Waals surface area contributed by atoms with Crippen molar-refractivity contribution in [1.82, 2.24) is 4.98 Å². The fourth-order valence-electron chi connectivity index (χ4n) is 3.99. The van der Waals surface area contributed by atoms with Gasteiger partial charge in [0.25, 0.3) is 0 Å². The van der Waals surface area contributed by atoms with E-state index in [2.05, 4.69) is 4.98 Å². The molecule has 0 bridgehead atoms. The van der Waals surface area contributed by atoms with Gasteiger partial charge in [0.1, 0.15) is 16.9 Å². The van der Waals surface area contributed by atoms with E-state index in [1.54, 1.807) is 5.38 Å². The number of para-hydroxylation sites is 1. The Morgan fingerprint density at radius 3 is 2.85 bits per heavy atom. The molecule has 6 nitrogen and oxygen atoms in total. The number of rotatable bonds is 5. The molecule has 1 aliphatic carbocycles. The van der Waals surface area contributed by atoms with E-state index >= 15 is 0 Å². The SMILES string of the molecule is O=C(O)c1csc([C@H]2CC[C@@H]3[C@H](COc4ccccc4)[C@H](O)C[C@@H]3O2)n1. The van der Waals surface area contributed by atoms with Crippen molar-refractivity contribution in [1.29, 1.82) is 0 Å². The number of aromatic carboxylic acids is 1. The lowest BCUT2D eigenvalue weighted by Crippen LogP contribution is -2.33. The molecule has 0 radical (unpaired) electrons. The molecule has 0 unspecified atom stereocenters. The summed E-state index contributed by atoms with van der Waals surface area (Å²) in [7, 11) is 0. The maximum Gasteiger partial charge on any atom is 0.355 e. The molecule has 2 fully saturated rings. The van der Waals surface area contributed by atoms with E-state index in [1.165, 1.54) is 11.3 Å². The third-order valence-electron chi connectivity index (χ3n) is 5.30. The normalized spacial score (nSPS) is 30.7. The molecule has 4 rings (SSSR count). The summed E-state index contributed by atoms with van der Waals surface area (Å²) in [4.78, 5) is 15.2. The number of carbonyl (C=O) groups is 1. The van der Waals surface area contributed by atoms with Crippen LogP contribution < -0.4 is 4.74 Å². The number of fused-ring (bicyclic) bond motifs is 1. The number of ether oxygens (including phenoxy) is 2. The molecule has 2 aromatic rings. The van der Waals surface area contributed by atoms with Gasteiger partial charge >= 0.3 is 5.97 Å². The van der Waals surface area contributed by atoms with Gasteiger partial charge in [-0.25, -0.2) is 9.78 Å². The maximum absolute atomic E-state index is 11.0. The highest BCUT2D eigenvalue weighted by molar-refractivity contribution is 7.09. The number of carboxylic acid groups (broad SMARTS) is 1. The summed E-state index contributed by atoms with van der Waals surface area (Å²) in [6.07, 6.45) is 1.61. The molecule has 1 aliphatic heterocycles. The molecule has 0 amide bonds. The van der Waals surface area contributed by atoms with Crippen LogP contribution in [0, 0.1) is 11.8 Å². The van der Waals surface area contributed by atoms with Gasteiger partial charge in [0.2, 0.25) is 0 Å². The van der Waals surface area contributed by atoms with E-state index in [0.29, 0.717) is 18.0 Å². The summed E-state index contributed by atoms with van der Waals surface area (Å²) in [5.41, 5.74) is 0.0660. The van der Waals surface area contributed by atoms with Crippen molar-refractivity contribution in [3.8, 4) is 5.75 Å². The summed E-state index contributed by atoms with van der Waals surface area (Å²) >= 11 is 1.32. The molecule has 5 atom stereocenters. The highest BCUT2D eigenvalue weighted by Gasteiger charge is 2.47. The molecule has 1 aromatic carbocycles. The Bertz CT molecular complexity index is 764. The second kappa shape index (κ2) is 7.34. The zero-order valence-corrected chi connectivity index (χ0v) is 15.0. The molecule has 2 aliphatic rings. The van der Waals surface area contributed by atoms with E-state index in [-0.39, 0.29) is 29.7 Å². The Morgan fingerprint density at radius 1 is 1.31 bits per heavy atom.